The second kappa shape index (κ2) is 3.14. The van der Waals surface area contributed by atoms with Crippen LogP contribution >= 0.6 is 11.6 Å². The molecular weight excluding hydrogens is 250 g/mol. The Morgan fingerprint density at radius 2 is 1.80 bits per heavy atom. The molecule has 0 aromatic heterocycles. The van der Waals surface area contributed by atoms with E-state index in [0.717, 1.165) is 5.02 Å². The van der Waals surface area contributed by atoms with Gasteiger partial charge in [0.05, 0.1) is 0 Å². The Kier molecular flexibility index (Phi) is 2.64. The van der Waals surface area contributed by atoms with Crippen molar-refractivity contribution in [2.45, 2.75) is 13.8 Å². The maximum atomic E-state index is 5.90. The second-order valence-electron chi connectivity index (χ2n) is 2.42. The zero-order valence-corrected chi connectivity index (χ0v) is 9.64. The standard InChI is InChI=1S/C8H8Cl.Sn/c1-6-3-4-7(2)8(9)5-6;/h4-5H,1-2H3;. The van der Waals surface area contributed by atoms with Gasteiger partial charge in [0.25, 0.3) is 0 Å². The van der Waals surface area contributed by atoms with Gasteiger partial charge in [-0.15, -0.1) is 0 Å². The average Bonchev–Trinajstić information content (AvgIpc) is 1.84. The molecule has 0 aliphatic heterocycles. The van der Waals surface area contributed by atoms with Gasteiger partial charge >= 0.3 is 79.8 Å². The van der Waals surface area contributed by atoms with Crippen LogP contribution < -0.4 is 3.58 Å². The van der Waals surface area contributed by atoms with Gasteiger partial charge in [-0.05, 0) is 0 Å². The van der Waals surface area contributed by atoms with Crippen LogP contribution in [0.5, 0.6) is 0 Å². The zero-order valence-electron chi connectivity index (χ0n) is 6.03. The van der Waals surface area contributed by atoms with Crippen molar-refractivity contribution in [2.75, 3.05) is 0 Å². The first kappa shape index (κ1) is 8.41. The van der Waals surface area contributed by atoms with Gasteiger partial charge in [-0.3, -0.25) is 0 Å². The molecule has 10 heavy (non-hydrogen) atoms. The molecule has 0 fully saturated rings. The summed E-state index contributed by atoms with van der Waals surface area (Å²) in [5.41, 5.74) is 2.48. The van der Waals surface area contributed by atoms with Gasteiger partial charge in [0.15, 0.2) is 0 Å². The Bertz CT molecular complexity index is 205. The normalized spacial score (nSPS) is 10.0. The van der Waals surface area contributed by atoms with E-state index in [1.54, 1.807) is 0 Å². The topological polar surface area (TPSA) is 0 Å². The molecular formula is C8H8ClSn. The molecule has 51 valence electrons. The Labute approximate surface area is 79.7 Å². The molecule has 0 amide bonds. The van der Waals surface area contributed by atoms with E-state index in [1.165, 1.54) is 37.2 Å². The van der Waals surface area contributed by atoms with E-state index >= 15 is 0 Å². The van der Waals surface area contributed by atoms with E-state index in [1.807, 2.05) is 13.0 Å². The molecule has 0 saturated heterocycles. The number of rotatable bonds is 0. The van der Waals surface area contributed by atoms with Gasteiger partial charge in [0.2, 0.25) is 0 Å². The number of aryl methyl sites for hydroxylation is 2. The summed E-state index contributed by atoms with van der Waals surface area (Å²) in [6.07, 6.45) is 0. The molecule has 0 spiro atoms. The quantitative estimate of drug-likeness (QED) is 0.622. The van der Waals surface area contributed by atoms with Gasteiger partial charge in [0.1, 0.15) is 0 Å². The van der Waals surface area contributed by atoms with Crippen molar-refractivity contribution in [3.63, 3.8) is 0 Å². The summed E-state index contributed by atoms with van der Waals surface area (Å²) in [5, 5.41) is 0.878. The predicted octanol–water partition coefficient (Wildman–Crippen LogP) is 1.75. The van der Waals surface area contributed by atoms with Crippen LogP contribution in [0.2, 0.25) is 5.02 Å². The summed E-state index contributed by atoms with van der Waals surface area (Å²) in [6, 6.07) is 4.18. The molecule has 0 saturated carbocycles. The molecule has 0 N–H and O–H groups in total. The predicted molar refractivity (Wildman–Crippen MR) is 46.3 cm³/mol. The van der Waals surface area contributed by atoms with E-state index in [0.29, 0.717) is 0 Å². The van der Waals surface area contributed by atoms with Crippen molar-refractivity contribution in [3.05, 3.63) is 28.3 Å². The van der Waals surface area contributed by atoms with Crippen LogP contribution in [-0.4, -0.2) is 22.5 Å². The Hall–Kier alpha value is 0.309. The molecule has 0 atom stereocenters. The summed E-state index contributed by atoms with van der Waals surface area (Å²) in [5.74, 6) is 0. The molecule has 0 heterocycles. The molecule has 0 aliphatic carbocycles. The fraction of sp³-hybridized carbons (Fsp3) is 0.250. The third-order valence-electron chi connectivity index (χ3n) is 1.51. The Balaban J connectivity index is 3.28. The fourth-order valence-electron chi connectivity index (χ4n) is 0.781. The van der Waals surface area contributed by atoms with Crippen LogP contribution in [0.3, 0.4) is 0 Å². The summed E-state index contributed by atoms with van der Waals surface area (Å²) < 4.78 is 1.40. The molecule has 1 rings (SSSR count). The molecule has 2 heteroatoms. The van der Waals surface area contributed by atoms with Crippen molar-refractivity contribution in [1.29, 1.82) is 0 Å². The van der Waals surface area contributed by atoms with E-state index in [4.69, 9.17) is 11.6 Å². The third kappa shape index (κ3) is 1.67. The van der Waals surface area contributed by atoms with Crippen molar-refractivity contribution >= 4 is 37.7 Å². The van der Waals surface area contributed by atoms with Crippen LogP contribution in [0, 0.1) is 13.8 Å². The second-order valence-corrected chi connectivity index (χ2v) is 4.36. The first-order valence-electron chi connectivity index (χ1n) is 3.09. The summed E-state index contributed by atoms with van der Waals surface area (Å²) in [7, 11) is 0. The van der Waals surface area contributed by atoms with Gasteiger partial charge in [0, 0.05) is 0 Å². The van der Waals surface area contributed by atoms with Crippen molar-refractivity contribution < 1.29 is 0 Å². The fourth-order valence-corrected chi connectivity index (χ4v) is 1.82. The summed E-state index contributed by atoms with van der Waals surface area (Å²) >= 11 is 7.36. The molecule has 1 aromatic carbocycles. The van der Waals surface area contributed by atoms with E-state index in [9.17, 15) is 0 Å². The molecule has 1 aromatic rings. The van der Waals surface area contributed by atoms with Crippen molar-refractivity contribution in [3.8, 4) is 0 Å². The monoisotopic (exact) mass is 259 g/mol. The van der Waals surface area contributed by atoms with Crippen LogP contribution in [-0.2, 0) is 0 Å². The Morgan fingerprint density at radius 1 is 1.20 bits per heavy atom. The van der Waals surface area contributed by atoms with E-state index in [-0.39, 0.29) is 0 Å². The molecule has 0 unspecified atom stereocenters. The van der Waals surface area contributed by atoms with Crippen LogP contribution in [0.15, 0.2) is 12.1 Å². The first-order valence-corrected chi connectivity index (χ1v) is 4.90. The van der Waals surface area contributed by atoms with Gasteiger partial charge in [-0.25, -0.2) is 0 Å². The number of hydrogen-bond acceptors (Lipinski definition) is 0. The minimum atomic E-state index is 0.878. The van der Waals surface area contributed by atoms with Crippen molar-refractivity contribution in [2.24, 2.45) is 0 Å². The number of halogens is 1. The van der Waals surface area contributed by atoms with Crippen LogP contribution in [0.1, 0.15) is 11.1 Å². The molecule has 0 nitrogen and oxygen atoms in total. The van der Waals surface area contributed by atoms with E-state index < -0.39 is 0 Å². The number of benzene rings is 1. The minimum absolute atomic E-state index is 0.878. The van der Waals surface area contributed by atoms with Crippen LogP contribution in [0.25, 0.3) is 0 Å². The molecule has 0 bridgehead atoms. The third-order valence-corrected chi connectivity index (χ3v) is 3.45. The number of hydrogen-bond donors (Lipinski definition) is 0. The average molecular weight is 258 g/mol. The maximum absolute atomic E-state index is 5.90. The molecule has 0 aliphatic rings. The van der Waals surface area contributed by atoms with Crippen LogP contribution in [0.4, 0.5) is 0 Å². The van der Waals surface area contributed by atoms with Gasteiger partial charge in [-0.2, -0.15) is 0 Å². The summed E-state index contributed by atoms with van der Waals surface area (Å²) in [6.45, 7) is 4.13. The summed E-state index contributed by atoms with van der Waals surface area (Å²) in [4.78, 5) is 0. The zero-order chi connectivity index (χ0) is 7.72. The SMILES string of the molecule is Cc1c[c]([Sn])c(C)cc1Cl. The van der Waals surface area contributed by atoms with E-state index in [2.05, 4.69) is 13.0 Å². The van der Waals surface area contributed by atoms with Crippen molar-refractivity contribution in [1.82, 2.24) is 0 Å². The van der Waals surface area contributed by atoms with Gasteiger partial charge < -0.3 is 0 Å². The molecule has 3 radical (unpaired) electrons. The Morgan fingerprint density at radius 3 is 2.30 bits per heavy atom. The first-order chi connectivity index (χ1) is 4.61. The van der Waals surface area contributed by atoms with Gasteiger partial charge in [-0.1, -0.05) is 0 Å².